The molecular formula is C48H70N14O10S2. The molecule has 1 heterocycles. The van der Waals surface area contributed by atoms with Crippen LogP contribution >= 0.6 is 24.4 Å². The van der Waals surface area contributed by atoms with E-state index in [1.165, 1.54) is 24.3 Å². The van der Waals surface area contributed by atoms with E-state index in [9.17, 15) is 48.3 Å². The van der Waals surface area contributed by atoms with Gasteiger partial charge < -0.3 is 70.2 Å². The van der Waals surface area contributed by atoms with E-state index in [-0.39, 0.29) is 69.1 Å². The number of primary amides is 1. The standard InChI is InChI=1S/C48H70N14O10S2/c1-27(2)19-34(58-41(65)32(15-10-17-54-48(51)52)57-42(66)33(16-18-74-3)56-40(64)31(49)22-30-24-53-26-55-30)43(67)59-35(20-28-11-6-4-7-12-28)44(68)60-36(21-29-13-8-5-9-14-29)45(69)61-37(23-39(50)63)46(70)62-38(25-73)47(71)72/h4-9,11-14,24,26-27,31-38,73H,10,15-23,25,49H2,1-3H3,(H2,50,63)(H,53,55)(H,56,64)(H,57,66)(H,58,65)(H,59,67)(H,60,68)(H,61,69)(H,62,70)(H,71,72)(H4,51,52,54)/t31-,32-,33-,34-,35-,36-,37-,38-/m0/s1. The number of carbonyl (C=O) groups is 9. The summed E-state index contributed by atoms with van der Waals surface area (Å²) in [6.07, 6.45) is 4.38. The van der Waals surface area contributed by atoms with E-state index in [1.807, 2.05) is 20.1 Å². The van der Waals surface area contributed by atoms with Gasteiger partial charge in [0.2, 0.25) is 47.3 Å². The molecule has 3 rings (SSSR count). The van der Waals surface area contributed by atoms with Crippen LogP contribution in [0.25, 0.3) is 0 Å². The van der Waals surface area contributed by atoms with E-state index < -0.39 is 108 Å². The second kappa shape index (κ2) is 32.1. The number of imidazole rings is 1. The Hall–Kier alpha value is -7.19. The third kappa shape index (κ3) is 22.3. The summed E-state index contributed by atoms with van der Waals surface area (Å²) in [6, 6.07) is 6.44. The van der Waals surface area contributed by atoms with E-state index in [0.717, 1.165) is 0 Å². The largest absolute Gasteiger partial charge is 0.480 e. The lowest BCUT2D eigenvalue weighted by Gasteiger charge is -2.28. The number of nitrogens with one attached hydrogen (secondary N) is 8. The van der Waals surface area contributed by atoms with Crippen LogP contribution in [0.5, 0.6) is 0 Å². The number of carboxylic acids is 1. The van der Waals surface area contributed by atoms with Gasteiger partial charge in [-0.1, -0.05) is 74.5 Å². The fraction of sp³-hybridized carbons (Fsp3) is 0.479. The number of nitrogens with two attached hydrogens (primary N) is 4. The summed E-state index contributed by atoms with van der Waals surface area (Å²) in [4.78, 5) is 132. The number of aromatic nitrogens is 2. The third-order valence-electron chi connectivity index (χ3n) is 11.2. The molecule has 3 aromatic rings. The Bertz CT molecular complexity index is 2340. The number of rotatable bonds is 33. The number of amides is 8. The van der Waals surface area contributed by atoms with Gasteiger partial charge in [0, 0.05) is 43.5 Å². The Balaban J connectivity index is 1.96. The third-order valence-corrected chi connectivity index (χ3v) is 12.2. The number of carboxylic acid groups (broad SMARTS) is 1. The first-order chi connectivity index (χ1) is 35.2. The van der Waals surface area contributed by atoms with Crippen LogP contribution in [-0.4, -0.2) is 147 Å². The molecule has 0 unspecified atom stereocenters. The van der Waals surface area contributed by atoms with E-state index in [1.54, 1.807) is 60.7 Å². The highest BCUT2D eigenvalue weighted by atomic mass is 32.2. The topological polar surface area (TPSA) is 403 Å². The fourth-order valence-corrected chi connectivity index (χ4v) is 8.05. The van der Waals surface area contributed by atoms with Crippen molar-refractivity contribution in [1.29, 1.82) is 0 Å². The maximum Gasteiger partial charge on any atom is 0.327 e. The summed E-state index contributed by atoms with van der Waals surface area (Å²) in [5, 5.41) is 27.8. The number of benzene rings is 2. The summed E-state index contributed by atoms with van der Waals surface area (Å²) in [5.74, 6) is -8.37. The van der Waals surface area contributed by atoms with Crippen LogP contribution in [0, 0.1) is 5.92 Å². The Morgan fingerprint density at radius 3 is 1.58 bits per heavy atom. The average molecular weight is 1070 g/mol. The molecule has 24 nitrogen and oxygen atoms in total. The van der Waals surface area contributed by atoms with Gasteiger partial charge in [0.1, 0.15) is 42.3 Å². The van der Waals surface area contributed by atoms with E-state index in [4.69, 9.17) is 22.9 Å². The van der Waals surface area contributed by atoms with Crippen LogP contribution in [-0.2, 0) is 62.4 Å². The van der Waals surface area contributed by atoms with E-state index in [2.05, 4.69) is 64.8 Å². The van der Waals surface area contributed by atoms with Gasteiger partial charge in [-0.3, -0.25) is 43.3 Å². The van der Waals surface area contributed by atoms with Crippen LogP contribution in [0.4, 0.5) is 0 Å². The maximum atomic E-state index is 14.5. The van der Waals surface area contributed by atoms with Crippen molar-refractivity contribution in [2.24, 2.45) is 33.8 Å². The molecule has 0 radical (unpaired) electrons. The van der Waals surface area contributed by atoms with Gasteiger partial charge in [-0.15, -0.1) is 0 Å². The van der Waals surface area contributed by atoms with Crippen molar-refractivity contribution in [3.63, 3.8) is 0 Å². The highest BCUT2D eigenvalue weighted by Gasteiger charge is 2.35. The number of H-pyrrole nitrogens is 1. The molecule has 74 heavy (non-hydrogen) atoms. The van der Waals surface area contributed by atoms with Crippen LogP contribution in [0.15, 0.2) is 78.2 Å². The lowest BCUT2D eigenvalue weighted by Crippen LogP contribution is -2.61. The summed E-state index contributed by atoms with van der Waals surface area (Å²) in [6.45, 7) is 3.71. The van der Waals surface area contributed by atoms with E-state index >= 15 is 0 Å². The van der Waals surface area contributed by atoms with Crippen LogP contribution in [0.3, 0.4) is 0 Å². The highest BCUT2D eigenvalue weighted by Crippen LogP contribution is 2.13. The molecule has 0 aliphatic heterocycles. The molecule has 2 aromatic carbocycles. The summed E-state index contributed by atoms with van der Waals surface area (Å²) >= 11 is 5.39. The zero-order chi connectivity index (χ0) is 54.7. The number of nitrogens with zero attached hydrogens (tertiary/aromatic N) is 2. The first-order valence-corrected chi connectivity index (χ1v) is 25.8. The molecule has 0 aliphatic carbocycles. The summed E-state index contributed by atoms with van der Waals surface area (Å²) in [5.41, 5.74) is 24.4. The number of thiol groups is 1. The van der Waals surface area contributed by atoms with Gasteiger partial charge in [-0.05, 0) is 54.7 Å². The van der Waals surface area contributed by atoms with Gasteiger partial charge in [0.25, 0.3) is 0 Å². The lowest BCUT2D eigenvalue weighted by atomic mass is 9.99. The van der Waals surface area contributed by atoms with Gasteiger partial charge in [-0.2, -0.15) is 24.4 Å². The van der Waals surface area contributed by atoms with Crippen molar-refractivity contribution in [2.45, 2.75) is 114 Å². The Morgan fingerprint density at radius 1 is 0.649 bits per heavy atom. The zero-order valence-electron chi connectivity index (χ0n) is 41.6. The van der Waals surface area contributed by atoms with E-state index in [0.29, 0.717) is 22.6 Å². The average Bonchev–Trinajstić information content (AvgIpc) is 3.87. The summed E-state index contributed by atoms with van der Waals surface area (Å²) < 4.78 is 0. The molecule has 8 amide bonds. The second-order valence-corrected chi connectivity index (χ2v) is 19.1. The van der Waals surface area contributed by atoms with Crippen molar-refractivity contribution in [2.75, 3.05) is 24.3 Å². The first-order valence-electron chi connectivity index (χ1n) is 23.8. The minimum absolute atomic E-state index is 0.00586. The SMILES string of the molecule is CSCC[C@H](NC(=O)[C@@H](N)Cc1cnc[nH]1)C(=O)N[C@@H](CCCN=C(N)N)C(=O)N[C@@H](CC(C)C)C(=O)N[C@@H](Cc1ccccc1)C(=O)N[C@@H](Cc1ccccc1)C(=O)N[C@@H](CC(N)=O)C(=O)N[C@@H](CS)C(=O)O. The molecule has 8 atom stereocenters. The molecule has 26 heteroatoms. The lowest BCUT2D eigenvalue weighted by molar-refractivity contribution is -0.141. The number of hydrogen-bond donors (Lipinski definition) is 14. The van der Waals surface area contributed by atoms with Crippen LogP contribution in [0.1, 0.15) is 62.8 Å². The number of hydrogen-bond acceptors (Lipinski definition) is 14. The number of aliphatic carboxylic acids is 1. The van der Waals surface area contributed by atoms with Crippen LogP contribution < -0.4 is 60.2 Å². The molecule has 404 valence electrons. The minimum Gasteiger partial charge on any atom is -0.480 e. The predicted molar refractivity (Wildman–Crippen MR) is 282 cm³/mol. The Labute approximate surface area is 439 Å². The van der Waals surface area contributed by atoms with Crippen molar-refractivity contribution in [3.05, 3.63) is 90.0 Å². The molecule has 0 spiro atoms. The molecule has 0 bridgehead atoms. The minimum atomic E-state index is -1.66. The maximum absolute atomic E-state index is 14.5. The molecule has 0 fully saturated rings. The fourth-order valence-electron chi connectivity index (χ4n) is 7.33. The Morgan fingerprint density at radius 2 is 1.11 bits per heavy atom. The van der Waals surface area contributed by atoms with Crippen LogP contribution in [0.2, 0.25) is 0 Å². The van der Waals surface area contributed by atoms with Gasteiger partial charge in [0.05, 0.1) is 18.8 Å². The summed E-state index contributed by atoms with van der Waals surface area (Å²) in [7, 11) is 0. The van der Waals surface area contributed by atoms with Crippen molar-refractivity contribution < 1.29 is 48.3 Å². The number of aliphatic imine (C=N–C) groups is 1. The molecule has 0 saturated carbocycles. The quantitative estimate of drug-likeness (QED) is 0.0135. The zero-order valence-corrected chi connectivity index (χ0v) is 43.3. The number of guanidine groups is 1. The van der Waals surface area contributed by atoms with Crippen molar-refractivity contribution >= 4 is 83.6 Å². The van der Waals surface area contributed by atoms with Gasteiger partial charge >= 0.3 is 5.97 Å². The number of carbonyl (C=O) groups excluding carboxylic acids is 8. The number of thioether (sulfide) groups is 1. The molecule has 17 N–H and O–H groups in total. The van der Waals surface area contributed by atoms with Crippen molar-refractivity contribution in [1.82, 2.24) is 47.2 Å². The van der Waals surface area contributed by atoms with Gasteiger partial charge in [-0.25, -0.2) is 9.78 Å². The molecule has 0 saturated heterocycles. The predicted octanol–water partition coefficient (Wildman–Crippen LogP) is -2.10. The Kier molecular flexibility index (Phi) is 26.5. The molecule has 0 aliphatic rings. The molecule has 1 aromatic heterocycles. The highest BCUT2D eigenvalue weighted by molar-refractivity contribution is 7.98. The molecular weight excluding hydrogens is 997 g/mol. The second-order valence-electron chi connectivity index (χ2n) is 17.7. The smallest absolute Gasteiger partial charge is 0.327 e. The van der Waals surface area contributed by atoms with Gasteiger partial charge in [0.15, 0.2) is 5.96 Å². The normalized spacial score (nSPS) is 14.2. The first kappa shape index (κ1) is 61.1. The van der Waals surface area contributed by atoms with Crippen molar-refractivity contribution in [3.8, 4) is 0 Å². The number of aromatic amines is 1. The monoisotopic (exact) mass is 1070 g/mol.